The van der Waals surface area contributed by atoms with Gasteiger partial charge in [-0.1, -0.05) is 133 Å². The van der Waals surface area contributed by atoms with Crippen molar-refractivity contribution in [2.24, 2.45) is 21.6 Å². The van der Waals surface area contributed by atoms with Gasteiger partial charge in [0.1, 0.15) is 5.84 Å². The number of allylic oxidation sites excluding steroid dienone is 3. The lowest BCUT2D eigenvalue weighted by molar-refractivity contribution is 0.807. The summed E-state index contributed by atoms with van der Waals surface area (Å²) < 4.78 is 2.25. The Kier molecular flexibility index (Phi) is 6.34. The molecule has 1 aromatic heterocycles. The van der Waals surface area contributed by atoms with E-state index in [2.05, 4.69) is 139 Å². The van der Waals surface area contributed by atoms with E-state index in [4.69, 9.17) is 15.7 Å². The Balaban J connectivity index is 1.52. The maximum Gasteiger partial charge on any atom is 0.232 e. The van der Waals surface area contributed by atoms with Crippen molar-refractivity contribution in [3.63, 3.8) is 0 Å². The molecule has 1 aliphatic rings. The van der Waals surface area contributed by atoms with Crippen LogP contribution in [0.3, 0.4) is 0 Å². The highest BCUT2D eigenvalue weighted by molar-refractivity contribution is 6.37. The van der Waals surface area contributed by atoms with Crippen LogP contribution in [0.5, 0.6) is 0 Å². The van der Waals surface area contributed by atoms with Crippen molar-refractivity contribution >= 4 is 65.9 Å². The van der Waals surface area contributed by atoms with E-state index in [0.717, 1.165) is 28.4 Å². The highest BCUT2D eigenvalue weighted by Gasteiger charge is 2.23. The third-order valence-electron chi connectivity index (χ3n) is 8.91. The fourth-order valence-electron chi connectivity index (χ4n) is 6.77. The number of benzene rings is 6. The molecule has 2 N–H and O–H groups in total. The Morgan fingerprint density at radius 3 is 2.20 bits per heavy atom. The standard InChI is InChI=1S/C40H32N4/c1-26(27-14-4-2-5-15-27)42-40(43-39(41)29-17-6-3-7-18-29)44-35-23-13-12-22-33(35)37-34-25-24-28-16-8-9-19-30(28)36(34)31-20-10-11-21-32(31)38(37)44/h2-17,19-26,29H,18H2,1H3,(H2,41,42,43). The van der Waals surface area contributed by atoms with Crippen LogP contribution in [0.4, 0.5) is 0 Å². The number of rotatable bonds is 3. The number of para-hydroxylation sites is 1. The first-order valence-corrected chi connectivity index (χ1v) is 15.2. The van der Waals surface area contributed by atoms with Crippen molar-refractivity contribution in [2.75, 3.05) is 0 Å². The van der Waals surface area contributed by atoms with Gasteiger partial charge >= 0.3 is 0 Å². The predicted octanol–water partition coefficient (Wildman–Crippen LogP) is 9.71. The molecule has 212 valence electrons. The van der Waals surface area contributed by atoms with Gasteiger partial charge in [-0.05, 0) is 51.9 Å². The van der Waals surface area contributed by atoms with Crippen LogP contribution >= 0.6 is 0 Å². The molecule has 4 heteroatoms. The van der Waals surface area contributed by atoms with Crippen LogP contribution < -0.4 is 5.73 Å². The third-order valence-corrected chi connectivity index (χ3v) is 8.91. The van der Waals surface area contributed by atoms with Crippen molar-refractivity contribution in [3.05, 3.63) is 145 Å². The molecular formula is C40H32N4. The van der Waals surface area contributed by atoms with E-state index in [-0.39, 0.29) is 12.0 Å². The number of aliphatic imine (C=N–C) groups is 2. The number of hydrogen-bond donors (Lipinski definition) is 1. The molecule has 0 spiro atoms. The molecule has 1 aliphatic carbocycles. The van der Waals surface area contributed by atoms with Crippen LogP contribution in [0.25, 0.3) is 54.1 Å². The first-order valence-electron chi connectivity index (χ1n) is 15.2. The van der Waals surface area contributed by atoms with Gasteiger partial charge in [0.05, 0.1) is 17.1 Å². The monoisotopic (exact) mass is 568 g/mol. The largest absolute Gasteiger partial charge is 0.387 e. The quantitative estimate of drug-likeness (QED) is 0.129. The first-order chi connectivity index (χ1) is 21.7. The SMILES string of the molecule is CC(N=C(N=C(N)C1C=CC=CC1)n1c2ccccc2c2c3ccc4ccccc4c3c3ccccc3c21)c1ccccc1. The van der Waals surface area contributed by atoms with Gasteiger partial charge in [-0.25, -0.2) is 4.99 Å². The molecule has 1 heterocycles. The second kappa shape index (κ2) is 10.7. The molecule has 0 fully saturated rings. The van der Waals surface area contributed by atoms with Crippen LogP contribution in [0.2, 0.25) is 0 Å². The minimum Gasteiger partial charge on any atom is -0.387 e. The molecule has 0 saturated heterocycles. The van der Waals surface area contributed by atoms with Gasteiger partial charge in [-0.15, -0.1) is 0 Å². The highest BCUT2D eigenvalue weighted by Crippen LogP contribution is 2.43. The van der Waals surface area contributed by atoms with Crippen molar-refractivity contribution in [1.29, 1.82) is 0 Å². The number of aromatic nitrogens is 1. The minimum atomic E-state index is -0.128. The molecule has 6 aromatic carbocycles. The molecular weight excluding hydrogens is 536 g/mol. The molecule has 4 nitrogen and oxygen atoms in total. The van der Waals surface area contributed by atoms with Crippen molar-refractivity contribution in [1.82, 2.24) is 4.57 Å². The number of nitrogens with two attached hydrogens (primary N) is 1. The summed E-state index contributed by atoms with van der Waals surface area (Å²) in [5, 5.41) is 9.73. The minimum absolute atomic E-state index is 0.0225. The molecule has 2 unspecified atom stereocenters. The topological polar surface area (TPSA) is 55.7 Å². The van der Waals surface area contributed by atoms with Gasteiger partial charge in [-0.3, -0.25) is 4.57 Å². The highest BCUT2D eigenvalue weighted by atomic mass is 15.2. The van der Waals surface area contributed by atoms with E-state index >= 15 is 0 Å². The molecule has 8 rings (SSSR count). The van der Waals surface area contributed by atoms with Gasteiger partial charge in [0.2, 0.25) is 5.96 Å². The van der Waals surface area contributed by atoms with E-state index in [1.165, 1.54) is 37.7 Å². The summed E-state index contributed by atoms with van der Waals surface area (Å²) in [7, 11) is 0. The summed E-state index contributed by atoms with van der Waals surface area (Å²) in [6.07, 6.45) is 9.19. The molecule has 7 aromatic rings. The van der Waals surface area contributed by atoms with Crippen LogP contribution in [0.1, 0.15) is 24.9 Å². The number of amidine groups is 1. The van der Waals surface area contributed by atoms with E-state index in [1.54, 1.807) is 0 Å². The Morgan fingerprint density at radius 1 is 0.705 bits per heavy atom. The molecule has 0 saturated carbocycles. The average Bonchev–Trinajstić information content (AvgIpc) is 3.44. The fraction of sp³-hybridized carbons (Fsp3) is 0.100. The number of fused-ring (bicyclic) bond motifs is 10. The van der Waals surface area contributed by atoms with E-state index in [9.17, 15) is 0 Å². The molecule has 2 atom stereocenters. The van der Waals surface area contributed by atoms with Gasteiger partial charge in [-0.2, -0.15) is 4.99 Å². The molecule has 0 bridgehead atoms. The maximum atomic E-state index is 6.79. The van der Waals surface area contributed by atoms with E-state index < -0.39 is 0 Å². The smallest absolute Gasteiger partial charge is 0.232 e. The lowest BCUT2D eigenvalue weighted by Crippen LogP contribution is -2.26. The summed E-state index contributed by atoms with van der Waals surface area (Å²) in [5.74, 6) is 1.18. The Bertz CT molecular complexity index is 2340. The summed E-state index contributed by atoms with van der Waals surface area (Å²) in [5.41, 5.74) is 10.1. The Labute approximate surface area is 256 Å². The zero-order chi connectivity index (χ0) is 29.6. The molecule has 44 heavy (non-hydrogen) atoms. The van der Waals surface area contributed by atoms with Crippen molar-refractivity contribution < 1.29 is 0 Å². The average molecular weight is 569 g/mol. The lowest BCUT2D eigenvalue weighted by Gasteiger charge is -2.17. The lowest BCUT2D eigenvalue weighted by atomic mass is 9.93. The van der Waals surface area contributed by atoms with E-state index in [1.807, 2.05) is 12.1 Å². The first kappa shape index (κ1) is 26.2. The number of nitrogens with zero attached hydrogens (tertiary/aromatic N) is 3. The second-order valence-corrected chi connectivity index (χ2v) is 11.5. The van der Waals surface area contributed by atoms with Gasteiger partial charge in [0.25, 0.3) is 0 Å². The Hall–Kier alpha value is -5.48. The molecule has 0 amide bonds. The van der Waals surface area contributed by atoms with Gasteiger partial charge in [0, 0.05) is 22.1 Å². The van der Waals surface area contributed by atoms with Crippen molar-refractivity contribution in [2.45, 2.75) is 19.4 Å². The van der Waals surface area contributed by atoms with Gasteiger partial charge < -0.3 is 5.73 Å². The molecule has 0 radical (unpaired) electrons. The predicted molar refractivity (Wildman–Crippen MR) is 188 cm³/mol. The third kappa shape index (κ3) is 4.22. The summed E-state index contributed by atoms with van der Waals surface area (Å²) >= 11 is 0. The zero-order valence-electron chi connectivity index (χ0n) is 24.6. The summed E-state index contributed by atoms with van der Waals surface area (Å²) in [4.78, 5) is 10.5. The summed E-state index contributed by atoms with van der Waals surface area (Å²) in [6, 6.07) is 40.8. The Morgan fingerprint density at radius 2 is 1.41 bits per heavy atom. The normalized spacial score (nSPS) is 16.5. The maximum absolute atomic E-state index is 6.79. The van der Waals surface area contributed by atoms with Gasteiger partial charge in [0.15, 0.2) is 0 Å². The van der Waals surface area contributed by atoms with E-state index in [0.29, 0.717) is 11.8 Å². The second-order valence-electron chi connectivity index (χ2n) is 11.5. The van der Waals surface area contributed by atoms with Crippen LogP contribution in [0.15, 0.2) is 150 Å². The van der Waals surface area contributed by atoms with Crippen LogP contribution in [0, 0.1) is 5.92 Å². The fourth-order valence-corrected chi connectivity index (χ4v) is 6.77. The van der Waals surface area contributed by atoms with Crippen LogP contribution in [-0.4, -0.2) is 16.4 Å². The van der Waals surface area contributed by atoms with Crippen LogP contribution in [-0.2, 0) is 0 Å². The molecule has 0 aliphatic heterocycles. The number of hydrogen-bond acceptors (Lipinski definition) is 1. The van der Waals surface area contributed by atoms with Crippen molar-refractivity contribution in [3.8, 4) is 0 Å². The zero-order valence-corrected chi connectivity index (χ0v) is 24.6. The summed E-state index contributed by atoms with van der Waals surface area (Å²) in [6.45, 7) is 2.12.